The Balaban J connectivity index is 0.000000164. The number of aliphatic hydroxyl groups is 1. The number of ether oxygens (including phenoxy) is 2. The van der Waals surface area contributed by atoms with Crippen LogP contribution in [0.2, 0.25) is 0 Å². The Morgan fingerprint density at radius 2 is 1.13 bits per heavy atom. The first kappa shape index (κ1) is 52.8. The lowest BCUT2D eigenvalue weighted by Gasteiger charge is -2.31. The fraction of sp³-hybridized carbons (Fsp3) is 0.509. The molecule has 5 aliphatic rings. The molecule has 3 saturated heterocycles. The molecular formula is C53H60F2N8O12. The first-order valence-corrected chi connectivity index (χ1v) is 25.7. The Labute approximate surface area is 428 Å². The normalized spacial score (nSPS) is 19.4. The number of cyclic esters (lactones) is 2. The van der Waals surface area contributed by atoms with Crippen molar-refractivity contribution in [3.63, 3.8) is 0 Å². The summed E-state index contributed by atoms with van der Waals surface area (Å²) in [5.74, 6) is -2.12. The topological polar surface area (TPSA) is 256 Å². The van der Waals surface area contributed by atoms with Crippen molar-refractivity contribution in [1.82, 2.24) is 39.2 Å². The van der Waals surface area contributed by atoms with Crippen LogP contribution in [0.3, 0.4) is 0 Å². The van der Waals surface area contributed by atoms with Gasteiger partial charge >= 0.3 is 23.9 Å². The van der Waals surface area contributed by atoms with Gasteiger partial charge in [-0.3, -0.25) is 37.9 Å². The smallest absolute Gasteiger partial charge is 0.317 e. The predicted molar refractivity (Wildman–Crippen MR) is 263 cm³/mol. The monoisotopic (exact) mass is 1040 g/mol. The first-order valence-electron chi connectivity index (χ1n) is 25.7. The number of carboxylic acid groups (broad SMARTS) is 1. The summed E-state index contributed by atoms with van der Waals surface area (Å²) in [7, 11) is 0. The zero-order valence-corrected chi connectivity index (χ0v) is 41.9. The Hall–Kier alpha value is -7.04. The number of hydrogen-bond donors (Lipinski definition) is 2. The van der Waals surface area contributed by atoms with Crippen LogP contribution in [0, 0.1) is 25.5 Å². The maximum Gasteiger partial charge on any atom is 0.317 e. The molecule has 22 heteroatoms. The standard InChI is InChI=1S/C26H29FN4O6.C23H27FN4O3.C4H4O3/c1-15-18(26(35)31-9-2-3-20(25(31)28-15)36-23(34)14-22(32)33)8-12-30-10-6-16(7-11-30)24-19-5-4-17(27)13-21(19)37-29-24;1-14-17(23(30)28-9-2-3-19(29)22(28)25-14)8-12-27-10-6-15(7-11-27)21-18-5-4-16(24)13-20(18)31-26-21;5-3-1-2-4(6)7-3/h4-5,13,16,20H,2-3,6-12,14H2,1H3,(H,32,33);4-5,13,15,19,29H,2-3,6-12H2,1H3;1-2H2. The number of carbonyl (C=O) groups excluding carboxylic acids is 3. The number of benzene rings is 2. The molecule has 6 aromatic rings. The van der Waals surface area contributed by atoms with Gasteiger partial charge in [0.2, 0.25) is 0 Å². The van der Waals surface area contributed by atoms with Crippen LogP contribution < -0.4 is 11.1 Å². The van der Waals surface area contributed by atoms with E-state index in [2.05, 4.69) is 34.8 Å². The van der Waals surface area contributed by atoms with Gasteiger partial charge in [0.05, 0.1) is 24.2 Å². The van der Waals surface area contributed by atoms with Crippen molar-refractivity contribution in [2.24, 2.45) is 0 Å². The molecule has 11 rings (SSSR count). The molecule has 0 bridgehead atoms. The van der Waals surface area contributed by atoms with E-state index < -0.39 is 42.5 Å². The van der Waals surface area contributed by atoms with Gasteiger partial charge in [0.25, 0.3) is 11.1 Å². The molecule has 75 heavy (non-hydrogen) atoms. The highest BCUT2D eigenvalue weighted by molar-refractivity contribution is 5.92. The number of aromatic nitrogens is 6. The van der Waals surface area contributed by atoms with Crippen LogP contribution >= 0.6 is 0 Å². The third-order valence-electron chi connectivity index (χ3n) is 14.8. The lowest BCUT2D eigenvalue weighted by atomic mass is 9.91. The van der Waals surface area contributed by atoms with E-state index in [4.69, 9.17) is 18.9 Å². The van der Waals surface area contributed by atoms with Gasteiger partial charge in [-0.15, -0.1) is 0 Å². The summed E-state index contributed by atoms with van der Waals surface area (Å²) in [6.45, 7) is 9.81. The fourth-order valence-electron chi connectivity index (χ4n) is 10.8. The molecule has 3 fully saturated rings. The minimum absolute atomic E-state index is 0.00237. The van der Waals surface area contributed by atoms with Gasteiger partial charge < -0.3 is 38.5 Å². The zero-order chi connectivity index (χ0) is 52.9. The van der Waals surface area contributed by atoms with Crippen LogP contribution in [0.15, 0.2) is 55.0 Å². The second kappa shape index (κ2) is 23.2. The van der Waals surface area contributed by atoms with Crippen LogP contribution in [0.25, 0.3) is 21.9 Å². The molecule has 5 aliphatic heterocycles. The van der Waals surface area contributed by atoms with E-state index in [-0.39, 0.29) is 41.5 Å². The highest BCUT2D eigenvalue weighted by Crippen LogP contribution is 2.35. The van der Waals surface area contributed by atoms with Crippen LogP contribution in [0.5, 0.6) is 0 Å². The van der Waals surface area contributed by atoms with Crippen molar-refractivity contribution in [3.8, 4) is 0 Å². The van der Waals surface area contributed by atoms with Gasteiger partial charge in [0, 0.05) is 83.4 Å². The van der Waals surface area contributed by atoms with Crippen LogP contribution in [0.1, 0.15) is 140 Å². The second-order valence-corrected chi connectivity index (χ2v) is 19.8. The summed E-state index contributed by atoms with van der Waals surface area (Å²) in [4.78, 5) is 82.8. The second-order valence-electron chi connectivity index (χ2n) is 19.8. The van der Waals surface area contributed by atoms with Gasteiger partial charge in [-0.25, -0.2) is 18.7 Å². The van der Waals surface area contributed by atoms with Crippen molar-refractivity contribution in [2.75, 3.05) is 39.3 Å². The molecule has 2 unspecified atom stereocenters. The van der Waals surface area contributed by atoms with E-state index in [9.17, 15) is 42.7 Å². The summed E-state index contributed by atoms with van der Waals surface area (Å²) in [5.41, 5.74) is 5.36. The minimum Gasteiger partial charge on any atom is -0.481 e. The fourth-order valence-corrected chi connectivity index (χ4v) is 10.8. The molecule has 2 aromatic carbocycles. The molecule has 0 radical (unpaired) electrons. The highest BCUT2D eigenvalue weighted by atomic mass is 19.1. The van der Waals surface area contributed by atoms with Crippen LogP contribution in [0.4, 0.5) is 8.78 Å². The van der Waals surface area contributed by atoms with Crippen molar-refractivity contribution < 1.29 is 56.7 Å². The van der Waals surface area contributed by atoms with E-state index in [0.717, 1.165) is 98.2 Å². The average Bonchev–Trinajstić information content (AvgIpc) is 4.12. The third-order valence-corrected chi connectivity index (χ3v) is 14.8. The van der Waals surface area contributed by atoms with E-state index in [1.807, 2.05) is 6.92 Å². The predicted octanol–water partition coefficient (Wildman–Crippen LogP) is 6.04. The Morgan fingerprint density at radius 1 is 0.667 bits per heavy atom. The molecule has 398 valence electrons. The largest absolute Gasteiger partial charge is 0.481 e. The maximum atomic E-state index is 13.5. The number of aliphatic hydroxyl groups excluding tert-OH is 1. The maximum absolute atomic E-state index is 13.5. The molecular weight excluding hydrogens is 979 g/mol. The number of rotatable bonds is 11. The van der Waals surface area contributed by atoms with Crippen molar-refractivity contribution in [1.29, 1.82) is 0 Å². The van der Waals surface area contributed by atoms with Gasteiger partial charge in [-0.1, -0.05) is 10.3 Å². The number of aryl methyl sites for hydroxylation is 2. The molecule has 2 atom stereocenters. The van der Waals surface area contributed by atoms with Gasteiger partial charge in [0.15, 0.2) is 23.1 Å². The molecule has 4 aromatic heterocycles. The van der Waals surface area contributed by atoms with Crippen molar-refractivity contribution in [3.05, 3.63) is 114 Å². The Bertz CT molecular complexity index is 3210. The Kier molecular flexibility index (Phi) is 16.4. The number of esters is 3. The quantitative estimate of drug-likeness (QED) is 0.111. The van der Waals surface area contributed by atoms with E-state index in [1.165, 1.54) is 24.3 Å². The summed E-state index contributed by atoms with van der Waals surface area (Å²) < 4.78 is 50.1. The van der Waals surface area contributed by atoms with Gasteiger partial charge in [0.1, 0.15) is 30.0 Å². The number of hydrogen-bond acceptors (Lipinski definition) is 17. The number of nitrogens with zero attached hydrogens (tertiary/aromatic N) is 8. The summed E-state index contributed by atoms with van der Waals surface area (Å²) in [5, 5.41) is 29.2. The number of aliphatic carboxylic acids is 1. The number of piperidine rings is 2. The number of fused-ring (bicyclic) bond motifs is 4. The lowest BCUT2D eigenvalue weighted by molar-refractivity contribution is -0.157. The number of halogens is 2. The van der Waals surface area contributed by atoms with Crippen LogP contribution in [-0.2, 0) is 54.6 Å². The molecule has 0 spiro atoms. The third kappa shape index (κ3) is 12.2. The molecule has 0 aliphatic carbocycles. The minimum atomic E-state index is -1.26. The Morgan fingerprint density at radius 3 is 1.60 bits per heavy atom. The van der Waals surface area contributed by atoms with Crippen molar-refractivity contribution >= 4 is 45.8 Å². The summed E-state index contributed by atoms with van der Waals surface area (Å²) >= 11 is 0. The van der Waals surface area contributed by atoms with Gasteiger partial charge in [-0.2, -0.15) is 0 Å². The zero-order valence-electron chi connectivity index (χ0n) is 41.9. The summed E-state index contributed by atoms with van der Waals surface area (Å²) in [6.07, 6.45) is 5.94. The molecule has 0 saturated carbocycles. The highest BCUT2D eigenvalue weighted by Gasteiger charge is 2.31. The first-order chi connectivity index (χ1) is 36.1. The average molecular weight is 1040 g/mol. The molecule has 9 heterocycles. The number of likely N-dealkylation sites (tertiary alicyclic amines) is 2. The molecule has 0 amide bonds. The number of carboxylic acids is 1. The van der Waals surface area contributed by atoms with Crippen molar-refractivity contribution in [2.45, 2.75) is 134 Å². The SMILES string of the molecule is Cc1nc2n(c(=O)c1CCN1CCC(c3noc4cc(F)ccc34)CC1)CCCC2O.Cc1nc2n(c(=O)c1CCN1CCC(c3noc4cc(F)ccc34)CC1)CCCC2OC(=O)CC(=O)O.O=C1CCC(=O)O1. The van der Waals surface area contributed by atoms with Gasteiger partial charge in [-0.05, 0) is 129 Å². The summed E-state index contributed by atoms with van der Waals surface area (Å²) in [6, 6.07) is 9.08. The van der Waals surface area contributed by atoms with E-state index in [1.54, 1.807) is 28.2 Å². The number of carbonyl (C=O) groups is 4. The lowest BCUT2D eigenvalue weighted by Crippen LogP contribution is -2.38. The molecule has 2 N–H and O–H groups in total. The molecule has 20 nitrogen and oxygen atoms in total. The van der Waals surface area contributed by atoms with E-state index in [0.29, 0.717) is 91.7 Å². The van der Waals surface area contributed by atoms with E-state index >= 15 is 0 Å². The van der Waals surface area contributed by atoms with Crippen LogP contribution in [-0.4, -0.2) is 113 Å².